The van der Waals surface area contributed by atoms with Crippen molar-refractivity contribution in [3.05, 3.63) is 18.2 Å². The number of nitriles is 1. The second kappa shape index (κ2) is 3.72. The SMILES string of the molecule is CC(C#N)NC(=O)c1cncn1C. The minimum absolute atomic E-state index is 0.283. The lowest BCUT2D eigenvalue weighted by molar-refractivity contribution is 0.0939. The number of nitrogens with one attached hydrogen (secondary N) is 1. The summed E-state index contributed by atoms with van der Waals surface area (Å²) < 4.78 is 1.60. The van der Waals surface area contributed by atoms with E-state index in [1.807, 2.05) is 6.07 Å². The summed E-state index contributed by atoms with van der Waals surface area (Å²) in [5, 5.41) is 11.0. The normalized spacial score (nSPS) is 11.8. The van der Waals surface area contributed by atoms with Gasteiger partial charge in [0.2, 0.25) is 0 Å². The molecular weight excluding hydrogens is 168 g/mol. The van der Waals surface area contributed by atoms with E-state index in [2.05, 4.69) is 10.3 Å². The van der Waals surface area contributed by atoms with Gasteiger partial charge in [0, 0.05) is 7.05 Å². The summed E-state index contributed by atoms with van der Waals surface area (Å²) in [6, 6.07) is 1.43. The third-order valence-electron chi connectivity index (χ3n) is 1.59. The fraction of sp³-hybridized carbons (Fsp3) is 0.375. The molecule has 0 aliphatic carbocycles. The Kier molecular flexibility index (Phi) is 2.65. The second-order valence-electron chi connectivity index (χ2n) is 2.71. The number of imidazole rings is 1. The molecule has 0 radical (unpaired) electrons. The van der Waals surface area contributed by atoms with Gasteiger partial charge in [-0.25, -0.2) is 4.98 Å². The summed E-state index contributed by atoms with van der Waals surface area (Å²) in [5.74, 6) is -0.283. The Morgan fingerprint density at radius 3 is 3.00 bits per heavy atom. The Morgan fingerprint density at radius 2 is 2.54 bits per heavy atom. The van der Waals surface area contributed by atoms with E-state index in [1.54, 1.807) is 18.5 Å². The Labute approximate surface area is 76.0 Å². The maximum atomic E-state index is 11.4. The van der Waals surface area contributed by atoms with Crippen molar-refractivity contribution < 1.29 is 4.79 Å². The van der Waals surface area contributed by atoms with Crippen molar-refractivity contribution in [1.29, 1.82) is 5.26 Å². The van der Waals surface area contributed by atoms with Crippen LogP contribution in [0.15, 0.2) is 12.5 Å². The van der Waals surface area contributed by atoms with Gasteiger partial charge in [0.05, 0.1) is 18.6 Å². The average Bonchev–Trinajstić information content (AvgIpc) is 2.51. The maximum Gasteiger partial charge on any atom is 0.270 e. The number of aromatic nitrogens is 2. The van der Waals surface area contributed by atoms with Crippen LogP contribution in [0.5, 0.6) is 0 Å². The largest absolute Gasteiger partial charge is 0.335 e. The number of aryl methyl sites for hydroxylation is 1. The Hall–Kier alpha value is -1.83. The molecule has 1 atom stereocenters. The topological polar surface area (TPSA) is 70.7 Å². The molecule has 0 fully saturated rings. The number of nitrogens with zero attached hydrogens (tertiary/aromatic N) is 3. The molecule has 0 saturated heterocycles. The molecule has 0 spiro atoms. The Morgan fingerprint density at radius 1 is 1.85 bits per heavy atom. The average molecular weight is 178 g/mol. The van der Waals surface area contributed by atoms with Gasteiger partial charge < -0.3 is 9.88 Å². The van der Waals surface area contributed by atoms with Crippen molar-refractivity contribution in [3.63, 3.8) is 0 Å². The van der Waals surface area contributed by atoms with Gasteiger partial charge in [-0.05, 0) is 6.92 Å². The number of amides is 1. The molecule has 0 aliphatic heterocycles. The zero-order valence-corrected chi connectivity index (χ0v) is 7.48. The van der Waals surface area contributed by atoms with Gasteiger partial charge >= 0.3 is 0 Å². The van der Waals surface area contributed by atoms with Gasteiger partial charge in [0.25, 0.3) is 5.91 Å². The minimum Gasteiger partial charge on any atom is -0.335 e. The summed E-state index contributed by atoms with van der Waals surface area (Å²) in [5.41, 5.74) is 0.446. The van der Waals surface area contributed by atoms with Gasteiger partial charge in [-0.2, -0.15) is 5.26 Å². The molecule has 1 heterocycles. The lowest BCUT2D eigenvalue weighted by Gasteiger charge is -2.05. The van der Waals surface area contributed by atoms with Gasteiger partial charge in [-0.15, -0.1) is 0 Å². The van der Waals surface area contributed by atoms with Crippen LogP contribution >= 0.6 is 0 Å². The zero-order chi connectivity index (χ0) is 9.84. The highest BCUT2D eigenvalue weighted by molar-refractivity contribution is 5.92. The van der Waals surface area contributed by atoms with E-state index in [4.69, 9.17) is 5.26 Å². The summed E-state index contributed by atoms with van der Waals surface area (Å²) >= 11 is 0. The summed E-state index contributed by atoms with van der Waals surface area (Å²) in [7, 11) is 1.72. The lowest BCUT2D eigenvalue weighted by atomic mass is 10.3. The molecule has 5 nitrogen and oxygen atoms in total. The first-order valence-corrected chi connectivity index (χ1v) is 3.82. The molecule has 13 heavy (non-hydrogen) atoms. The van der Waals surface area contributed by atoms with E-state index in [1.165, 1.54) is 12.5 Å². The third kappa shape index (κ3) is 2.06. The molecule has 0 aromatic carbocycles. The van der Waals surface area contributed by atoms with Gasteiger partial charge in [0.15, 0.2) is 0 Å². The van der Waals surface area contributed by atoms with E-state index in [0.717, 1.165) is 0 Å². The van der Waals surface area contributed by atoms with Crippen LogP contribution in [-0.2, 0) is 7.05 Å². The van der Waals surface area contributed by atoms with Crippen LogP contribution in [0.25, 0.3) is 0 Å². The quantitative estimate of drug-likeness (QED) is 0.696. The van der Waals surface area contributed by atoms with Crippen molar-refractivity contribution in [2.75, 3.05) is 0 Å². The number of carbonyl (C=O) groups is 1. The molecular formula is C8H10N4O. The second-order valence-corrected chi connectivity index (χ2v) is 2.71. The van der Waals surface area contributed by atoms with Crippen molar-refractivity contribution >= 4 is 5.91 Å². The molecule has 0 aliphatic rings. The summed E-state index contributed by atoms with van der Waals surface area (Å²) in [6.07, 6.45) is 2.99. The van der Waals surface area contributed by atoms with Crippen molar-refractivity contribution in [1.82, 2.24) is 14.9 Å². The number of hydrogen-bond acceptors (Lipinski definition) is 3. The first kappa shape index (κ1) is 9.26. The van der Waals surface area contributed by atoms with Crippen LogP contribution < -0.4 is 5.32 Å². The van der Waals surface area contributed by atoms with E-state index >= 15 is 0 Å². The molecule has 1 aromatic rings. The van der Waals surface area contributed by atoms with Crippen molar-refractivity contribution in [2.45, 2.75) is 13.0 Å². The smallest absolute Gasteiger partial charge is 0.270 e. The number of rotatable bonds is 2. The molecule has 1 N–H and O–H groups in total. The molecule has 5 heteroatoms. The highest BCUT2D eigenvalue weighted by atomic mass is 16.2. The fourth-order valence-electron chi connectivity index (χ4n) is 0.879. The molecule has 1 rings (SSSR count). The Bertz CT molecular complexity index is 349. The minimum atomic E-state index is -0.484. The van der Waals surface area contributed by atoms with Gasteiger partial charge in [-0.3, -0.25) is 4.79 Å². The van der Waals surface area contributed by atoms with Crippen LogP contribution in [0.3, 0.4) is 0 Å². The standard InChI is InChI=1S/C8H10N4O/c1-6(3-9)11-8(13)7-4-10-5-12(7)2/h4-6H,1-2H3,(H,11,13). The van der Waals surface area contributed by atoms with Gasteiger partial charge in [0.1, 0.15) is 11.7 Å². The highest BCUT2D eigenvalue weighted by Gasteiger charge is 2.11. The molecule has 0 bridgehead atoms. The monoisotopic (exact) mass is 178 g/mol. The van der Waals surface area contributed by atoms with Crippen LogP contribution in [0, 0.1) is 11.3 Å². The highest BCUT2D eigenvalue weighted by Crippen LogP contribution is 1.96. The van der Waals surface area contributed by atoms with E-state index in [0.29, 0.717) is 5.69 Å². The summed E-state index contributed by atoms with van der Waals surface area (Å²) in [6.45, 7) is 1.62. The van der Waals surface area contributed by atoms with Gasteiger partial charge in [-0.1, -0.05) is 0 Å². The van der Waals surface area contributed by atoms with E-state index in [-0.39, 0.29) is 5.91 Å². The third-order valence-corrected chi connectivity index (χ3v) is 1.59. The predicted molar refractivity (Wildman–Crippen MR) is 45.7 cm³/mol. The number of carbonyl (C=O) groups excluding carboxylic acids is 1. The van der Waals surface area contributed by atoms with Crippen molar-refractivity contribution in [2.24, 2.45) is 7.05 Å². The molecule has 1 amide bonds. The lowest BCUT2D eigenvalue weighted by Crippen LogP contribution is -2.32. The fourth-order valence-corrected chi connectivity index (χ4v) is 0.879. The molecule has 1 aromatic heterocycles. The zero-order valence-electron chi connectivity index (χ0n) is 7.48. The summed E-state index contributed by atoms with van der Waals surface area (Å²) in [4.78, 5) is 15.2. The van der Waals surface area contributed by atoms with Crippen LogP contribution in [0.2, 0.25) is 0 Å². The molecule has 0 saturated carbocycles. The van der Waals surface area contributed by atoms with Crippen LogP contribution in [0.1, 0.15) is 17.4 Å². The first-order valence-electron chi connectivity index (χ1n) is 3.82. The van der Waals surface area contributed by atoms with Crippen molar-refractivity contribution in [3.8, 4) is 6.07 Å². The maximum absolute atomic E-state index is 11.4. The molecule has 68 valence electrons. The van der Waals surface area contributed by atoms with Crippen LogP contribution in [-0.4, -0.2) is 21.5 Å². The van der Waals surface area contributed by atoms with E-state index in [9.17, 15) is 4.79 Å². The Balaban J connectivity index is 2.71. The first-order chi connectivity index (χ1) is 6.15. The number of hydrogen-bond donors (Lipinski definition) is 1. The molecule has 1 unspecified atom stereocenters. The van der Waals surface area contributed by atoms with E-state index < -0.39 is 6.04 Å². The predicted octanol–water partition coefficient (Wildman–Crippen LogP) is 0.0620. The van der Waals surface area contributed by atoms with Crippen LogP contribution in [0.4, 0.5) is 0 Å².